The van der Waals surface area contributed by atoms with Gasteiger partial charge in [0.25, 0.3) is 0 Å². The van der Waals surface area contributed by atoms with Crippen LogP contribution in [0.5, 0.6) is 5.75 Å². The van der Waals surface area contributed by atoms with E-state index < -0.39 is 5.82 Å². The summed E-state index contributed by atoms with van der Waals surface area (Å²) in [7, 11) is 0. The molecular weight excluding hydrogens is 219 g/mol. The van der Waals surface area contributed by atoms with E-state index in [0.29, 0.717) is 0 Å². The van der Waals surface area contributed by atoms with Crippen molar-refractivity contribution in [2.45, 2.75) is 26.4 Å². The lowest BCUT2D eigenvalue weighted by molar-refractivity contribution is 0.209. The maximum absolute atomic E-state index is 13.6. The first-order valence-corrected chi connectivity index (χ1v) is 5.04. The smallest absolute Gasteiger partial charge is 0.187 e. The van der Waals surface area contributed by atoms with Gasteiger partial charge in [0.15, 0.2) is 11.6 Å². The van der Waals surface area contributed by atoms with Crippen LogP contribution in [0.15, 0.2) is 6.07 Å². The fourth-order valence-electron chi connectivity index (χ4n) is 1.05. The Balaban J connectivity index is 3.12. The van der Waals surface area contributed by atoms with E-state index in [1.54, 1.807) is 0 Å². The summed E-state index contributed by atoms with van der Waals surface area (Å²) in [5.74, 6) is -0.724. The molecule has 0 saturated heterocycles. The quantitative estimate of drug-likeness (QED) is 0.788. The van der Waals surface area contributed by atoms with Crippen molar-refractivity contribution < 1.29 is 9.13 Å². The molecule has 0 aliphatic carbocycles. The first kappa shape index (κ1) is 11.9. The molecule has 4 N–H and O–H groups in total. The summed E-state index contributed by atoms with van der Waals surface area (Å²) in [4.78, 5) is 0. The van der Waals surface area contributed by atoms with Crippen molar-refractivity contribution in [3.8, 4) is 5.75 Å². The van der Waals surface area contributed by atoms with E-state index in [2.05, 4.69) is 0 Å². The molecule has 0 aliphatic heterocycles. The summed E-state index contributed by atoms with van der Waals surface area (Å²) < 4.78 is 18.9. The van der Waals surface area contributed by atoms with Crippen LogP contribution in [0.3, 0.4) is 0 Å². The number of nitrogens with two attached hydrogens (primary N) is 2. The standard InChI is InChI=1S/C10H14ClFN2O/c1-3-5(2)15-10-7(14)4-6(13)8(11)9(10)12/h4-5H,3,13-14H2,1-2H3. The third kappa shape index (κ3) is 2.45. The van der Waals surface area contributed by atoms with Crippen LogP contribution in [0, 0.1) is 5.82 Å². The summed E-state index contributed by atoms with van der Waals surface area (Å²) in [5.41, 5.74) is 11.3. The molecule has 1 aromatic carbocycles. The highest BCUT2D eigenvalue weighted by Gasteiger charge is 2.17. The van der Waals surface area contributed by atoms with Crippen molar-refractivity contribution in [3.63, 3.8) is 0 Å². The molecule has 1 rings (SSSR count). The summed E-state index contributed by atoms with van der Waals surface area (Å²) in [6, 6.07) is 1.39. The molecule has 0 aromatic heterocycles. The van der Waals surface area contributed by atoms with Crippen LogP contribution in [-0.2, 0) is 0 Å². The molecule has 3 nitrogen and oxygen atoms in total. The van der Waals surface area contributed by atoms with Gasteiger partial charge in [-0.2, -0.15) is 0 Å². The van der Waals surface area contributed by atoms with Crippen LogP contribution in [-0.4, -0.2) is 6.10 Å². The highest BCUT2D eigenvalue weighted by molar-refractivity contribution is 6.33. The van der Waals surface area contributed by atoms with Gasteiger partial charge >= 0.3 is 0 Å². The highest BCUT2D eigenvalue weighted by atomic mass is 35.5. The number of rotatable bonds is 3. The molecule has 0 aliphatic rings. The van der Waals surface area contributed by atoms with Crippen LogP contribution < -0.4 is 16.2 Å². The highest BCUT2D eigenvalue weighted by Crippen LogP contribution is 2.36. The molecule has 0 saturated carbocycles. The van der Waals surface area contributed by atoms with Gasteiger partial charge in [0, 0.05) is 0 Å². The molecule has 0 radical (unpaired) electrons. The predicted molar refractivity (Wildman–Crippen MR) is 60.6 cm³/mol. The van der Waals surface area contributed by atoms with Crippen LogP contribution in [0.25, 0.3) is 0 Å². The van der Waals surface area contributed by atoms with Crippen LogP contribution in [0.2, 0.25) is 5.02 Å². The SMILES string of the molecule is CCC(C)Oc1c(N)cc(N)c(Cl)c1F. The van der Waals surface area contributed by atoms with Crippen molar-refractivity contribution in [1.29, 1.82) is 0 Å². The molecule has 1 aromatic rings. The van der Waals surface area contributed by atoms with Crippen molar-refractivity contribution >= 4 is 23.0 Å². The van der Waals surface area contributed by atoms with Gasteiger partial charge in [-0.25, -0.2) is 4.39 Å². The second-order valence-corrected chi connectivity index (χ2v) is 3.73. The van der Waals surface area contributed by atoms with E-state index in [9.17, 15) is 4.39 Å². The number of benzene rings is 1. The summed E-state index contributed by atoms with van der Waals surface area (Å²) in [5, 5.41) is -0.150. The molecule has 1 unspecified atom stereocenters. The number of ether oxygens (including phenoxy) is 1. The van der Waals surface area contributed by atoms with Crippen LogP contribution in [0.1, 0.15) is 20.3 Å². The summed E-state index contributed by atoms with van der Waals surface area (Å²) in [6.07, 6.45) is 0.627. The predicted octanol–water partition coefficient (Wildman–Crippen LogP) is 2.82. The minimum Gasteiger partial charge on any atom is -0.485 e. The van der Waals surface area contributed by atoms with E-state index in [-0.39, 0.29) is 28.3 Å². The lowest BCUT2D eigenvalue weighted by Crippen LogP contribution is -2.13. The van der Waals surface area contributed by atoms with Crippen LogP contribution in [0.4, 0.5) is 15.8 Å². The van der Waals surface area contributed by atoms with Gasteiger partial charge < -0.3 is 16.2 Å². The third-order valence-electron chi connectivity index (χ3n) is 2.11. The normalized spacial score (nSPS) is 12.5. The monoisotopic (exact) mass is 232 g/mol. The Kier molecular flexibility index (Phi) is 3.63. The number of halogens is 2. The average molecular weight is 233 g/mol. The first-order chi connectivity index (χ1) is 6.97. The second kappa shape index (κ2) is 4.57. The Bertz CT molecular complexity index is 371. The Morgan fingerprint density at radius 2 is 2.07 bits per heavy atom. The van der Waals surface area contributed by atoms with Gasteiger partial charge in [-0.1, -0.05) is 18.5 Å². The van der Waals surface area contributed by atoms with E-state index in [4.69, 9.17) is 27.8 Å². The molecule has 0 bridgehead atoms. The van der Waals surface area contributed by atoms with E-state index >= 15 is 0 Å². The van der Waals surface area contributed by atoms with Gasteiger partial charge in [0.05, 0.1) is 17.5 Å². The third-order valence-corrected chi connectivity index (χ3v) is 2.50. The zero-order valence-corrected chi connectivity index (χ0v) is 9.44. The molecule has 0 fully saturated rings. The van der Waals surface area contributed by atoms with Crippen molar-refractivity contribution in [2.24, 2.45) is 0 Å². The van der Waals surface area contributed by atoms with E-state index in [1.807, 2.05) is 13.8 Å². The zero-order valence-electron chi connectivity index (χ0n) is 8.68. The molecule has 5 heteroatoms. The van der Waals surface area contributed by atoms with Gasteiger partial charge in [-0.15, -0.1) is 0 Å². The lowest BCUT2D eigenvalue weighted by Gasteiger charge is -2.16. The Labute approximate surface area is 93.2 Å². The molecule has 15 heavy (non-hydrogen) atoms. The average Bonchev–Trinajstić information content (AvgIpc) is 2.21. The molecule has 0 heterocycles. The lowest BCUT2D eigenvalue weighted by atomic mass is 10.2. The van der Waals surface area contributed by atoms with Gasteiger partial charge in [-0.05, 0) is 19.4 Å². The Morgan fingerprint density at radius 3 is 2.60 bits per heavy atom. The zero-order chi connectivity index (χ0) is 11.6. The minimum atomic E-state index is -0.700. The molecule has 1 atom stereocenters. The minimum absolute atomic E-state index is 0.0245. The van der Waals surface area contributed by atoms with Gasteiger partial charge in [0.1, 0.15) is 5.02 Å². The molecule has 0 amide bonds. The maximum Gasteiger partial charge on any atom is 0.187 e. The molecule has 0 spiro atoms. The summed E-state index contributed by atoms with van der Waals surface area (Å²) in [6.45, 7) is 3.75. The van der Waals surface area contributed by atoms with Crippen molar-refractivity contribution in [2.75, 3.05) is 11.5 Å². The first-order valence-electron chi connectivity index (χ1n) is 4.67. The van der Waals surface area contributed by atoms with Crippen molar-refractivity contribution in [3.05, 3.63) is 16.9 Å². The fourth-order valence-corrected chi connectivity index (χ4v) is 1.19. The second-order valence-electron chi connectivity index (χ2n) is 3.35. The van der Waals surface area contributed by atoms with E-state index in [0.717, 1.165) is 6.42 Å². The number of hydrogen-bond acceptors (Lipinski definition) is 3. The number of nitrogen functional groups attached to an aromatic ring is 2. The molecular formula is C10H14ClFN2O. The van der Waals surface area contributed by atoms with Crippen molar-refractivity contribution in [1.82, 2.24) is 0 Å². The van der Waals surface area contributed by atoms with Crippen LogP contribution >= 0.6 is 11.6 Å². The Hall–Kier alpha value is -1.16. The topological polar surface area (TPSA) is 61.3 Å². The number of hydrogen-bond donors (Lipinski definition) is 2. The van der Waals surface area contributed by atoms with E-state index in [1.165, 1.54) is 6.07 Å². The maximum atomic E-state index is 13.6. The molecule has 84 valence electrons. The largest absolute Gasteiger partial charge is 0.485 e. The Morgan fingerprint density at radius 1 is 1.47 bits per heavy atom. The van der Waals surface area contributed by atoms with Gasteiger partial charge in [-0.3, -0.25) is 0 Å². The summed E-state index contributed by atoms with van der Waals surface area (Å²) >= 11 is 5.65. The fraction of sp³-hybridized carbons (Fsp3) is 0.400. The van der Waals surface area contributed by atoms with Gasteiger partial charge in [0.2, 0.25) is 0 Å². The number of anilines is 2.